The fourth-order valence-electron chi connectivity index (χ4n) is 4.52. The van der Waals surface area contributed by atoms with Crippen LogP contribution in [-0.2, 0) is 0 Å². The van der Waals surface area contributed by atoms with Crippen LogP contribution in [0.25, 0.3) is 0 Å². The first-order chi connectivity index (χ1) is 12.3. The summed E-state index contributed by atoms with van der Waals surface area (Å²) in [5.41, 5.74) is 3.93. The summed E-state index contributed by atoms with van der Waals surface area (Å²) in [6.45, 7) is 34.4. The molecule has 0 unspecified atom stereocenters. The minimum atomic E-state index is -1.13. The number of unbranched alkanes of at least 4 members (excludes halogenated alkanes) is 2. The molecular formula is C23H55BSi4. The van der Waals surface area contributed by atoms with Crippen LogP contribution < -0.4 is 0 Å². The van der Waals surface area contributed by atoms with Crippen molar-refractivity contribution in [3.05, 3.63) is 11.0 Å². The van der Waals surface area contributed by atoms with Crippen LogP contribution in [0.15, 0.2) is 11.0 Å². The van der Waals surface area contributed by atoms with Gasteiger partial charge in [0.05, 0.1) is 0 Å². The summed E-state index contributed by atoms with van der Waals surface area (Å²) in [6.07, 6.45) is 5.56. The third-order valence-corrected chi connectivity index (χ3v) is 11.6. The first-order valence-electron chi connectivity index (χ1n) is 12.0. The first-order valence-corrected chi connectivity index (χ1v) is 26.9. The zero-order chi connectivity index (χ0) is 22.4. The van der Waals surface area contributed by atoms with Gasteiger partial charge in [-0.05, 0) is 24.9 Å². The van der Waals surface area contributed by atoms with Crippen LogP contribution >= 0.6 is 0 Å². The van der Waals surface area contributed by atoms with Gasteiger partial charge in [0.2, 0.25) is 0 Å². The predicted molar refractivity (Wildman–Crippen MR) is 150 cm³/mol. The second kappa shape index (κ2) is 11.3. The maximum atomic E-state index is 2.60. The quantitative estimate of drug-likeness (QED) is 0.192. The first kappa shape index (κ1) is 28.7. The zero-order valence-electron chi connectivity index (χ0n) is 22.2. The van der Waals surface area contributed by atoms with Crippen LogP contribution in [-0.4, -0.2) is 39.0 Å². The standard InChI is InChI=1S/C23H55BSi4/c1-14-15-16-17-22(18-25(2,3)4)23(19-26(5,6)7)24(20-27(8,9)10)21-28(11,12)13/h14-21H2,1-13H3/b23-22+. The lowest BCUT2D eigenvalue weighted by molar-refractivity contribution is 0.710. The van der Waals surface area contributed by atoms with Crippen molar-refractivity contribution in [3.8, 4) is 0 Å². The highest BCUT2D eigenvalue weighted by molar-refractivity contribution is 6.98. The molecule has 28 heavy (non-hydrogen) atoms. The van der Waals surface area contributed by atoms with E-state index < -0.39 is 32.3 Å². The van der Waals surface area contributed by atoms with Gasteiger partial charge in [-0.25, -0.2) is 0 Å². The minimum absolute atomic E-state index is 0.887. The summed E-state index contributed by atoms with van der Waals surface area (Å²) in [7, 11) is -4.40. The van der Waals surface area contributed by atoms with Gasteiger partial charge in [0.1, 0.15) is 0 Å². The zero-order valence-corrected chi connectivity index (χ0v) is 26.2. The van der Waals surface area contributed by atoms with Crippen molar-refractivity contribution >= 4 is 39.0 Å². The van der Waals surface area contributed by atoms with E-state index in [9.17, 15) is 0 Å². The van der Waals surface area contributed by atoms with Gasteiger partial charge in [-0.2, -0.15) is 0 Å². The van der Waals surface area contributed by atoms with Crippen LogP contribution in [0, 0.1) is 0 Å². The van der Waals surface area contributed by atoms with Gasteiger partial charge in [-0.1, -0.05) is 116 Å². The van der Waals surface area contributed by atoms with Crippen molar-refractivity contribution in [2.24, 2.45) is 0 Å². The van der Waals surface area contributed by atoms with Crippen molar-refractivity contribution in [1.82, 2.24) is 0 Å². The van der Waals surface area contributed by atoms with Crippen LogP contribution in [0.2, 0.25) is 103 Å². The molecule has 0 aliphatic heterocycles. The molecule has 0 rings (SSSR count). The average Bonchev–Trinajstić information content (AvgIpc) is 2.37. The Morgan fingerprint density at radius 3 is 1.32 bits per heavy atom. The van der Waals surface area contributed by atoms with E-state index in [-0.39, 0.29) is 0 Å². The molecule has 0 saturated carbocycles. The monoisotopic (exact) mass is 454 g/mol. The van der Waals surface area contributed by atoms with Gasteiger partial charge >= 0.3 is 0 Å². The molecule has 0 aromatic carbocycles. The molecule has 0 spiro atoms. The van der Waals surface area contributed by atoms with E-state index in [2.05, 4.69) is 85.5 Å². The molecule has 0 N–H and O–H groups in total. The lowest BCUT2D eigenvalue weighted by Gasteiger charge is -2.34. The van der Waals surface area contributed by atoms with Crippen LogP contribution in [0.4, 0.5) is 0 Å². The van der Waals surface area contributed by atoms with Crippen LogP contribution in [0.3, 0.4) is 0 Å². The maximum Gasteiger partial charge on any atom is 0.164 e. The Morgan fingerprint density at radius 2 is 1.00 bits per heavy atom. The summed E-state index contributed by atoms with van der Waals surface area (Å²) < 4.78 is 0. The molecule has 0 bridgehead atoms. The number of rotatable bonds is 13. The van der Waals surface area contributed by atoms with Crippen molar-refractivity contribution in [2.45, 2.75) is 135 Å². The van der Waals surface area contributed by atoms with E-state index in [1.165, 1.54) is 49.7 Å². The van der Waals surface area contributed by atoms with Crippen molar-refractivity contribution in [2.75, 3.05) is 0 Å². The smallest absolute Gasteiger partial charge is 0.105 e. The SMILES string of the molecule is CCCCC/C(C[Si](C)(C)C)=C(/C[Si](C)(C)C)B(C[Si](C)(C)C)C[Si](C)(C)C. The molecule has 0 aromatic rings. The summed E-state index contributed by atoms with van der Waals surface area (Å²) in [5.74, 6) is 3.03. The maximum absolute atomic E-state index is 2.60. The van der Waals surface area contributed by atoms with Crippen LogP contribution in [0.1, 0.15) is 32.6 Å². The number of hydrogen-bond acceptors (Lipinski definition) is 0. The Kier molecular flexibility index (Phi) is 11.6. The summed E-state index contributed by atoms with van der Waals surface area (Å²) >= 11 is 0. The van der Waals surface area contributed by atoms with Gasteiger partial charge in [0, 0.05) is 32.3 Å². The number of allylic oxidation sites excluding steroid dienone is 2. The van der Waals surface area contributed by atoms with Gasteiger partial charge in [-0.3, -0.25) is 0 Å². The Bertz CT molecular complexity index is 469. The van der Waals surface area contributed by atoms with Gasteiger partial charge in [0.25, 0.3) is 0 Å². The lowest BCUT2D eigenvalue weighted by atomic mass is 9.47. The number of hydrogen-bond donors (Lipinski definition) is 0. The molecule has 0 amide bonds. The molecule has 0 aromatic heterocycles. The highest BCUT2D eigenvalue weighted by Crippen LogP contribution is 2.35. The van der Waals surface area contributed by atoms with Crippen molar-refractivity contribution in [1.29, 1.82) is 0 Å². The second-order valence-corrected chi connectivity index (χ2v) is 36.3. The Balaban J connectivity index is 6.31. The molecule has 0 radical (unpaired) electrons. The van der Waals surface area contributed by atoms with Gasteiger partial charge in [0.15, 0.2) is 6.71 Å². The summed E-state index contributed by atoms with van der Waals surface area (Å²) in [6, 6.07) is 2.91. The van der Waals surface area contributed by atoms with Crippen molar-refractivity contribution in [3.63, 3.8) is 0 Å². The molecule has 0 aliphatic carbocycles. The third-order valence-electron chi connectivity index (χ3n) is 5.21. The topological polar surface area (TPSA) is 0 Å². The van der Waals surface area contributed by atoms with E-state index >= 15 is 0 Å². The molecule has 0 heterocycles. The van der Waals surface area contributed by atoms with E-state index in [1.807, 2.05) is 11.0 Å². The average molecular weight is 455 g/mol. The molecule has 0 aliphatic rings. The van der Waals surface area contributed by atoms with E-state index in [4.69, 9.17) is 0 Å². The highest BCUT2D eigenvalue weighted by Gasteiger charge is 2.34. The Hall–Kier alpha value is 0.672. The molecular weight excluding hydrogens is 399 g/mol. The molecule has 0 nitrogen and oxygen atoms in total. The van der Waals surface area contributed by atoms with Gasteiger partial charge < -0.3 is 0 Å². The highest BCUT2D eigenvalue weighted by atomic mass is 28.3. The summed E-state index contributed by atoms with van der Waals surface area (Å²) in [4.78, 5) is 0. The summed E-state index contributed by atoms with van der Waals surface area (Å²) in [5, 5.41) is 0. The molecule has 0 saturated heterocycles. The lowest BCUT2D eigenvalue weighted by Crippen LogP contribution is -2.40. The molecule has 0 atom stereocenters. The predicted octanol–water partition coefficient (Wildman–Crippen LogP) is 9.33. The van der Waals surface area contributed by atoms with E-state index in [0.29, 0.717) is 0 Å². The van der Waals surface area contributed by atoms with E-state index in [0.717, 1.165) is 6.71 Å². The Morgan fingerprint density at radius 1 is 0.571 bits per heavy atom. The fraction of sp³-hybridized carbons (Fsp3) is 0.913. The Labute approximate surface area is 184 Å². The second-order valence-electron chi connectivity index (χ2n) is 14.3. The molecule has 166 valence electrons. The van der Waals surface area contributed by atoms with Crippen molar-refractivity contribution < 1.29 is 0 Å². The third kappa shape index (κ3) is 15.5. The normalized spacial score (nSPS) is 14.9. The molecule has 0 fully saturated rings. The van der Waals surface area contributed by atoms with E-state index in [1.54, 1.807) is 0 Å². The van der Waals surface area contributed by atoms with Crippen LogP contribution in [0.5, 0.6) is 0 Å². The largest absolute Gasteiger partial charge is 0.164 e. The molecule has 5 heteroatoms. The fourth-order valence-corrected chi connectivity index (χ4v) is 11.9. The van der Waals surface area contributed by atoms with Gasteiger partial charge in [-0.15, -0.1) is 5.47 Å². The minimum Gasteiger partial charge on any atom is -0.105 e.